The predicted octanol–water partition coefficient (Wildman–Crippen LogP) is 2.82. The lowest BCUT2D eigenvalue weighted by Crippen LogP contribution is -2.33. The third kappa shape index (κ3) is 3.44. The Bertz CT molecular complexity index is 961. The Labute approximate surface area is 150 Å². The van der Waals surface area contributed by atoms with Crippen LogP contribution in [0.25, 0.3) is 5.65 Å². The molecule has 0 aliphatic heterocycles. The molecule has 1 saturated carbocycles. The summed E-state index contributed by atoms with van der Waals surface area (Å²) in [5.41, 5.74) is 2.53. The third-order valence-corrected chi connectivity index (χ3v) is 4.31. The van der Waals surface area contributed by atoms with Crippen LogP contribution >= 0.6 is 0 Å². The lowest BCUT2D eigenvalue weighted by Gasteiger charge is -2.17. The van der Waals surface area contributed by atoms with E-state index >= 15 is 0 Å². The van der Waals surface area contributed by atoms with Crippen molar-refractivity contribution in [2.45, 2.75) is 31.9 Å². The second kappa shape index (κ2) is 6.63. The van der Waals surface area contributed by atoms with Crippen LogP contribution in [0.15, 0.2) is 54.9 Å². The molecule has 1 fully saturated rings. The maximum absolute atomic E-state index is 12.6. The van der Waals surface area contributed by atoms with Crippen molar-refractivity contribution in [3.8, 4) is 0 Å². The quantitative estimate of drug-likeness (QED) is 0.719. The molecule has 0 saturated heterocycles. The van der Waals surface area contributed by atoms with Gasteiger partial charge in [0, 0.05) is 24.0 Å². The monoisotopic (exact) mass is 349 g/mol. The Kier molecular flexibility index (Phi) is 4.16. The SMILES string of the molecule is Cc1ccn2cc(C(=O)OC(C(=O)NC3CC3)c3ccccc3)nc2c1. The molecule has 4 rings (SSSR count). The molecule has 1 amide bonds. The molecule has 132 valence electrons. The van der Waals surface area contributed by atoms with Crippen molar-refractivity contribution in [2.75, 3.05) is 0 Å². The second-order valence-electron chi connectivity index (χ2n) is 6.57. The number of carbonyl (C=O) groups excluding carboxylic acids is 2. The molecule has 1 N–H and O–H groups in total. The van der Waals surface area contributed by atoms with E-state index in [9.17, 15) is 9.59 Å². The standard InChI is InChI=1S/C20H19N3O3/c1-13-9-10-23-12-16(22-17(23)11-13)20(25)26-18(14-5-3-2-4-6-14)19(24)21-15-7-8-15/h2-6,9-12,15,18H,7-8H2,1H3,(H,21,24). The minimum atomic E-state index is -0.990. The van der Waals surface area contributed by atoms with Gasteiger partial charge in [0.25, 0.3) is 5.91 Å². The van der Waals surface area contributed by atoms with Gasteiger partial charge < -0.3 is 14.5 Å². The van der Waals surface area contributed by atoms with Crippen molar-refractivity contribution >= 4 is 17.5 Å². The van der Waals surface area contributed by atoms with Gasteiger partial charge in [-0.25, -0.2) is 9.78 Å². The highest BCUT2D eigenvalue weighted by Gasteiger charge is 2.31. The number of carbonyl (C=O) groups is 2. The molecule has 1 atom stereocenters. The first-order chi connectivity index (χ1) is 12.6. The fraction of sp³-hybridized carbons (Fsp3) is 0.250. The number of hydrogen-bond acceptors (Lipinski definition) is 4. The number of amides is 1. The Morgan fingerprint density at radius 3 is 2.73 bits per heavy atom. The molecule has 2 aromatic heterocycles. The van der Waals surface area contributed by atoms with Crippen LogP contribution in [0.2, 0.25) is 0 Å². The van der Waals surface area contributed by atoms with Crippen molar-refractivity contribution in [2.24, 2.45) is 0 Å². The zero-order chi connectivity index (χ0) is 18.1. The van der Waals surface area contributed by atoms with Crippen molar-refractivity contribution in [1.29, 1.82) is 0 Å². The van der Waals surface area contributed by atoms with Crippen LogP contribution < -0.4 is 5.32 Å². The largest absolute Gasteiger partial charge is 0.443 e. The van der Waals surface area contributed by atoms with E-state index in [1.807, 2.05) is 43.5 Å². The molecular weight excluding hydrogens is 330 g/mol. The van der Waals surface area contributed by atoms with Crippen LogP contribution in [0.1, 0.15) is 40.6 Å². The van der Waals surface area contributed by atoms with E-state index < -0.39 is 12.1 Å². The lowest BCUT2D eigenvalue weighted by atomic mass is 10.1. The number of nitrogens with zero attached hydrogens (tertiary/aromatic N) is 2. The fourth-order valence-electron chi connectivity index (χ4n) is 2.75. The van der Waals surface area contributed by atoms with E-state index in [0.29, 0.717) is 11.2 Å². The van der Waals surface area contributed by atoms with Gasteiger partial charge >= 0.3 is 5.97 Å². The van der Waals surface area contributed by atoms with E-state index in [-0.39, 0.29) is 17.6 Å². The third-order valence-electron chi connectivity index (χ3n) is 4.31. The van der Waals surface area contributed by atoms with Gasteiger partial charge in [0.05, 0.1) is 0 Å². The summed E-state index contributed by atoms with van der Waals surface area (Å²) >= 11 is 0. The van der Waals surface area contributed by atoms with Crippen molar-refractivity contribution in [3.63, 3.8) is 0 Å². The van der Waals surface area contributed by atoms with Crippen LogP contribution in [0.5, 0.6) is 0 Å². The van der Waals surface area contributed by atoms with Gasteiger partial charge in [-0.1, -0.05) is 30.3 Å². The first kappa shape index (κ1) is 16.3. The average molecular weight is 349 g/mol. The Morgan fingerprint density at radius 2 is 2.00 bits per heavy atom. The molecule has 0 bridgehead atoms. The van der Waals surface area contributed by atoms with Gasteiger partial charge in [0.1, 0.15) is 5.65 Å². The molecule has 2 heterocycles. The van der Waals surface area contributed by atoms with E-state index in [1.165, 1.54) is 0 Å². The number of ether oxygens (including phenoxy) is 1. The summed E-state index contributed by atoms with van der Waals surface area (Å²) < 4.78 is 7.30. The zero-order valence-corrected chi connectivity index (χ0v) is 14.4. The fourth-order valence-corrected chi connectivity index (χ4v) is 2.75. The van der Waals surface area contributed by atoms with Gasteiger partial charge in [-0.15, -0.1) is 0 Å². The number of fused-ring (bicyclic) bond motifs is 1. The molecule has 1 aliphatic carbocycles. The summed E-state index contributed by atoms with van der Waals surface area (Å²) in [7, 11) is 0. The summed E-state index contributed by atoms with van der Waals surface area (Å²) in [4.78, 5) is 29.5. The Balaban J connectivity index is 1.59. The van der Waals surface area contributed by atoms with E-state index in [2.05, 4.69) is 10.3 Å². The van der Waals surface area contributed by atoms with Crippen LogP contribution in [-0.4, -0.2) is 27.3 Å². The first-order valence-corrected chi connectivity index (χ1v) is 8.62. The Hall–Kier alpha value is -3.15. The highest BCUT2D eigenvalue weighted by Crippen LogP contribution is 2.24. The summed E-state index contributed by atoms with van der Waals surface area (Å²) in [6, 6.07) is 13.0. The number of pyridine rings is 1. The summed E-state index contributed by atoms with van der Waals surface area (Å²) in [5.74, 6) is -0.919. The molecule has 3 aromatic rings. The minimum Gasteiger partial charge on any atom is -0.443 e. The predicted molar refractivity (Wildman–Crippen MR) is 95.7 cm³/mol. The number of benzene rings is 1. The first-order valence-electron chi connectivity index (χ1n) is 8.62. The van der Waals surface area contributed by atoms with Gasteiger partial charge in [-0.3, -0.25) is 4.79 Å². The van der Waals surface area contributed by atoms with Gasteiger partial charge in [-0.05, 0) is 37.5 Å². The smallest absolute Gasteiger partial charge is 0.359 e. The lowest BCUT2D eigenvalue weighted by molar-refractivity contribution is -0.130. The molecule has 6 nitrogen and oxygen atoms in total. The summed E-state index contributed by atoms with van der Waals surface area (Å²) in [6.45, 7) is 1.96. The Morgan fingerprint density at radius 1 is 1.23 bits per heavy atom. The molecule has 1 aliphatic rings. The van der Waals surface area contributed by atoms with Crippen LogP contribution in [0, 0.1) is 6.92 Å². The zero-order valence-electron chi connectivity index (χ0n) is 14.4. The van der Waals surface area contributed by atoms with Crippen molar-refractivity contribution in [1.82, 2.24) is 14.7 Å². The molecular formula is C20H19N3O3. The summed E-state index contributed by atoms with van der Waals surface area (Å²) in [5, 5.41) is 2.90. The number of hydrogen-bond donors (Lipinski definition) is 1. The highest BCUT2D eigenvalue weighted by atomic mass is 16.5. The molecule has 26 heavy (non-hydrogen) atoms. The number of nitrogens with one attached hydrogen (secondary N) is 1. The minimum absolute atomic E-state index is 0.177. The van der Waals surface area contributed by atoms with Crippen molar-refractivity contribution < 1.29 is 14.3 Å². The average Bonchev–Trinajstić information content (AvgIpc) is 3.35. The number of imidazole rings is 1. The van der Waals surface area contributed by atoms with Gasteiger partial charge in [0.2, 0.25) is 6.10 Å². The topological polar surface area (TPSA) is 72.7 Å². The van der Waals surface area contributed by atoms with Crippen LogP contribution in [0.3, 0.4) is 0 Å². The molecule has 6 heteroatoms. The molecule has 0 spiro atoms. The van der Waals surface area contributed by atoms with Crippen LogP contribution in [0.4, 0.5) is 0 Å². The maximum Gasteiger partial charge on any atom is 0.359 e. The highest BCUT2D eigenvalue weighted by molar-refractivity contribution is 5.92. The van der Waals surface area contributed by atoms with Crippen LogP contribution in [-0.2, 0) is 9.53 Å². The molecule has 1 unspecified atom stereocenters. The van der Waals surface area contributed by atoms with Gasteiger partial charge in [-0.2, -0.15) is 0 Å². The number of aryl methyl sites for hydroxylation is 1. The summed E-state index contributed by atoms with van der Waals surface area (Å²) in [6.07, 6.45) is 4.39. The second-order valence-corrected chi connectivity index (χ2v) is 6.57. The molecule has 0 radical (unpaired) electrons. The van der Waals surface area contributed by atoms with E-state index in [1.54, 1.807) is 22.7 Å². The number of esters is 1. The van der Waals surface area contributed by atoms with Gasteiger partial charge in [0.15, 0.2) is 5.69 Å². The van der Waals surface area contributed by atoms with E-state index in [0.717, 1.165) is 18.4 Å². The van der Waals surface area contributed by atoms with Crippen molar-refractivity contribution in [3.05, 3.63) is 71.7 Å². The number of aromatic nitrogens is 2. The molecule has 1 aromatic carbocycles. The maximum atomic E-state index is 12.6. The number of rotatable bonds is 5. The van der Waals surface area contributed by atoms with E-state index in [4.69, 9.17) is 4.74 Å². The normalized spacial score (nSPS) is 14.8.